The van der Waals surface area contributed by atoms with Gasteiger partial charge >= 0.3 is 0 Å². The minimum absolute atomic E-state index is 0.792. The fourth-order valence-electron chi connectivity index (χ4n) is 1.99. The third-order valence-electron chi connectivity index (χ3n) is 2.93. The fourth-order valence-corrected chi connectivity index (χ4v) is 6.77. The van der Waals surface area contributed by atoms with Crippen molar-refractivity contribution in [3.05, 3.63) is 30.3 Å². The molecule has 0 saturated heterocycles. The first kappa shape index (κ1) is 14.9. The number of hydrogen-bond donors (Lipinski definition) is 0. The molecular weight excluding hydrogens is 292 g/mol. The van der Waals surface area contributed by atoms with Crippen LogP contribution in [0.2, 0.25) is 6.04 Å². The van der Waals surface area contributed by atoms with Gasteiger partial charge in [0, 0.05) is 6.61 Å². The highest BCUT2D eigenvalue weighted by atomic mass is 79.9. The van der Waals surface area contributed by atoms with E-state index in [0.29, 0.717) is 0 Å². The lowest BCUT2D eigenvalue weighted by Crippen LogP contribution is -2.44. The van der Waals surface area contributed by atoms with Crippen molar-refractivity contribution >= 4 is 27.4 Å². The maximum absolute atomic E-state index is 6.05. The molecular formula is C14H23BrOSi. The van der Waals surface area contributed by atoms with Crippen molar-refractivity contribution in [3.8, 4) is 0 Å². The number of rotatable bonds is 8. The van der Waals surface area contributed by atoms with Gasteiger partial charge in [0.1, 0.15) is 0 Å². The largest absolute Gasteiger partial charge is 0.403 e. The van der Waals surface area contributed by atoms with Gasteiger partial charge < -0.3 is 4.43 Å². The Kier molecular flexibility index (Phi) is 7.08. The van der Waals surface area contributed by atoms with Crippen LogP contribution in [0.25, 0.3) is 0 Å². The molecule has 0 saturated carbocycles. The molecule has 0 amide bonds. The van der Waals surface area contributed by atoms with Gasteiger partial charge in [-0.2, -0.15) is 0 Å². The summed E-state index contributed by atoms with van der Waals surface area (Å²) in [7, 11) is 0. The molecule has 0 aliphatic carbocycles. The SMILES string of the molecule is CCCCCC[Si](Br)(OCC)c1ccccc1. The molecule has 0 N–H and O–H groups in total. The molecule has 1 aromatic carbocycles. The Morgan fingerprint density at radius 1 is 1.06 bits per heavy atom. The zero-order chi connectivity index (χ0) is 12.6. The molecule has 0 fully saturated rings. The van der Waals surface area contributed by atoms with Crippen LogP contribution < -0.4 is 5.19 Å². The predicted octanol–water partition coefficient (Wildman–Crippen LogP) is 4.35. The second kappa shape index (κ2) is 8.06. The van der Waals surface area contributed by atoms with Crippen LogP contribution in [0.5, 0.6) is 0 Å². The van der Waals surface area contributed by atoms with E-state index < -0.39 is 6.94 Å². The zero-order valence-corrected chi connectivity index (χ0v) is 13.5. The van der Waals surface area contributed by atoms with Crippen molar-refractivity contribution in [3.63, 3.8) is 0 Å². The molecule has 96 valence electrons. The third kappa shape index (κ3) is 4.94. The van der Waals surface area contributed by atoms with Crippen molar-refractivity contribution in [1.82, 2.24) is 0 Å². The van der Waals surface area contributed by atoms with Crippen LogP contribution in [-0.2, 0) is 4.43 Å². The lowest BCUT2D eigenvalue weighted by Gasteiger charge is -2.25. The zero-order valence-electron chi connectivity index (χ0n) is 10.9. The monoisotopic (exact) mass is 314 g/mol. The van der Waals surface area contributed by atoms with Gasteiger partial charge in [-0.05, 0) is 18.2 Å². The van der Waals surface area contributed by atoms with Gasteiger partial charge in [0.25, 0.3) is 6.94 Å². The molecule has 0 aromatic heterocycles. The normalized spacial score (nSPS) is 14.5. The van der Waals surface area contributed by atoms with Crippen LogP contribution in [0, 0.1) is 0 Å². The summed E-state index contributed by atoms with van der Waals surface area (Å²) in [6, 6.07) is 11.8. The molecule has 0 spiro atoms. The summed E-state index contributed by atoms with van der Waals surface area (Å²) >= 11 is 3.92. The second-order valence-electron chi connectivity index (χ2n) is 4.34. The predicted molar refractivity (Wildman–Crippen MR) is 81.3 cm³/mol. The van der Waals surface area contributed by atoms with E-state index >= 15 is 0 Å². The Balaban J connectivity index is 2.62. The van der Waals surface area contributed by atoms with Gasteiger partial charge in [0.2, 0.25) is 0 Å². The van der Waals surface area contributed by atoms with E-state index in [0.717, 1.165) is 6.61 Å². The van der Waals surface area contributed by atoms with Crippen molar-refractivity contribution in [2.45, 2.75) is 45.6 Å². The van der Waals surface area contributed by atoms with E-state index in [-0.39, 0.29) is 0 Å². The molecule has 1 nitrogen and oxygen atoms in total. The smallest absolute Gasteiger partial charge is 0.295 e. The summed E-state index contributed by atoms with van der Waals surface area (Å²) in [5, 5.41) is 1.36. The van der Waals surface area contributed by atoms with E-state index in [4.69, 9.17) is 4.43 Å². The molecule has 1 aromatic rings. The Labute approximate surface area is 114 Å². The average molecular weight is 315 g/mol. The van der Waals surface area contributed by atoms with Crippen LogP contribution in [-0.4, -0.2) is 13.5 Å². The standard InChI is InChI=1S/C14H23BrOSi/c1-3-5-6-10-13-17(15,16-4-2)14-11-8-7-9-12-14/h7-9,11-12H,3-6,10,13H2,1-2H3. The third-order valence-corrected chi connectivity index (χ3v) is 9.12. The first-order valence-electron chi connectivity index (χ1n) is 6.61. The van der Waals surface area contributed by atoms with E-state index in [1.54, 1.807) is 0 Å². The van der Waals surface area contributed by atoms with Crippen LogP contribution in [0.4, 0.5) is 0 Å². The van der Waals surface area contributed by atoms with Crippen LogP contribution in [0.15, 0.2) is 30.3 Å². The molecule has 3 heteroatoms. The van der Waals surface area contributed by atoms with Gasteiger partial charge in [-0.25, -0.2) is 0 Å². The van der Waals surface area contributed by atoms with Crippen LogP contribution in [0.3, 0.4) is 0 Å². The highest BCUT2D eigenvalue weighted by molar-refractivity contribution is 9.26. The minimum Gasteiger partial charge on any atom is -0.403 e. The summed E-state index contributed by atoms with van der Waals surface area (Å²) < 4.78 is 6.05. The quantitative estimate of drug-likeness (QED) is 0.394. The fraction of sp³-hybridized carbons (Fsp3) is 0.571. The van der Waals surface area contributed by atoms with Crippen LogP contribution >= 0.6 is 15.3 Å². The first-order valence-corrected chi connectivity index (χ1v) is 11.0. The van der Waals surface area contributed by atoms with Crippen molar-refractivity contribution in [1.29, 1.82) is 0 Å². The summed E-state index contributed by atoms with van der Waals surface area (Å²) in [6.45, 7) is 3.26. The summed E-state index contributed by atoms with van der Waals surface area (Å²) in [5.41, 5.74) is 0. The molecule has 1 atom stereocenters. The number of unbranched alkanes of at least 4 members (excludes halogenated alkanes) is 3. The molecule has 0 radical (unpaired) electrons. The van der Waals surface area contributed by atoms with Gasteiger partial charge in [-0.1, -0.05) is 78.2 Å². The summed E-state index contributed by atoms with van der Waals surface area (Å²) in [6.07, 6.45) is 5.20. The molecule has 17 heavy (non-hydrogen) atoms. The first-order chi connectivity index (χ1) is 8.23. The van der Waals surface area contributed by atoms with Gasteiger partial charge in [-0.15, -0.1) is 0 Å². The molecule has 0 aliphatic heterocycles. The maximum atomic E-state index is 6.05. The van der Waals surface area contributed by atoms with Gasteiger partial charge in [0.15, 0.2) is 0 Å². The van der Waals surface area contributed by atoms with Crippen molar-refractivity contribution in [2.24, 2.45) is 0 Å². The molecule has 0 aliphatic rings. The molecule has 0 bridgehead atoms. The van der Waals surface area contributed by atoms with E-state index in [9.17, 15) is 0 Å². The number of halogens is 1. The topological polar surface area (TPSA) is 9.23 Å². The lowest BCUT2D eigenvalue weighted by atomic mass is 10.2. The Bertz CT molecular complexity index is 304. The second-order valence-corrected chi connectivity index (χ2v) is 11.0. The number of benzene rings is 1. The average Bonchev–Trinajstić information content (AvgIpc) is 2.36. The van der Waals surface area contributed by atoms with E-state index in [2.05, 4.69) is 59.5 Å². The van der Waals surface area contributed by atoms with Gasteiger partial charge in [-0.3, -0.25) is 0 Å². The highest BCUT2D eigenvalue weighted by Gasteiger charge is 2.33. The van der Waals surface area contributed by atoms with Crippen LogP contribution in [0.1, 0.15) is 39.5 Å². The maximum Gasteiger partial charge on any atom is 0.295 e. The van der Waals surface area contributed by atoms with Gasteiger partial charge in [0.05, 0.1) is 0 Å². The Morgan fingerprint density at radius 2 is 1.76 bits per heavy atom. The summed E-state index contributed by atoms with van der Waals surface area (Å²) in [5.74, 6) is 0. The summed E-state index contributed by atoms with van der Waals surface area (Å²) in [4.78, 5) is 0. The lowest BCUT2D eigenvalue weighted by molar-refractivity contribution is 0.344. The van der Waals surface area contributed by atoms with E-state index in [1.807, 2.05) is 0 Å². The molecule has 0 heterocycles. The van der Waals surface area contributed by atoms with Crippen molar-refractivity contribution in [2.75, 3.05) is 6.61 Å². The van der Waals surface area contributed by atoms with E-state index in [1.165, 1.54) is 36.9 Å². The van der Waals surface area contributed by atoms with Crippen molar-refractivity contribution < 1.29 is 4.43 Å². The Morgan fingerprint density at radius 3 is 2.35 bits per heavy atom. The molecule has 1 rings (SSSR count). The molecule has 1 unspecified atom stereocenters. The highest BCUT2D eigenvalue weighted by Crippen LogP contribution is 2.23. The number of hydrogen-bond acceptors (Lipinski definition) is 1. The Hall–Kier alpha value is -0.123. The minimum atomic E-state index is -1.86.